The largest absolute Gasteiger partial charge is 0.0878 e. The van der Waals surface area contributed by atoms with Crippen LogP contribution in [0.3, 0.4) is 0 Å². The first-order chi connectivity index (χ1) is 16.7. The summed E-state index contributed by atoms with van der Waals surface area (Å²) in [7, 11) is 0. The van der Waals surface area contributed by atoms with Gasteiger partial charge >= 0.3 is 0 Å². The van der Waals surface area contributed by atoms with Crippen LogP contribution in [-0.2, 0) is 21.7 Å². The average Bonchev–Trinajstić information content (AvgIpc) is 2.98. The van der Waals surface area contributed by atoms with Crippen molar-refractivity contribution in [3.63, 3.8) is 0 Å². The molecule has 0 aliphatic heterocycles. The molecule has 0 heterocycles. The Hall–Kier alpha value is -2.57. The molecule has 0 amide bonds. The van der Waals surface area contributed by atoms with Gasteiger partial charge in [-0.25, -0.2) is 0 Å². The van der Waals surface area contributed by atoms with E-state index in [1.54, 1.807) is 0 Å². The average molecular weight is 495 g/mol. The first kappa shape index (κ1) is 25.1. The Kier molecular flexibility index (Phi) is 5.55. The summed E-state index contributed by atoms with van der Waals surface area (Å²) in [6, 6.07) is 26.9. The van der Waals surface area contributed by atoms with Gasteiger partial charge in [0.2, 0.25) is 0 Å². The van der Waals surface area contributed by atoms with Crippen LogP contribution < -0.4 is 0 Å². The van der Waals surface area contributed by atoms with Crippen molar-refractivity contribution in [2.24, 2.45) is 0 Å². The van der Waals surface area contributed by atoms with E-state index in [1.165, 1.54) is 50.1 Å². The molecule has 1 heteroatoms. The van der Waals surface area contributed by atoms with Crippen LogP contribution in [0.5, 0.6) is 0 Å². The highest BCUT2D eigenvalue weighted by Gasteiger charge is 2.51. The normalized spacial score (nSPS) is 20.7. The third-order valence-electron chi connectivity index (χ3n) is 9.03. The molecule has 0 saturated carbocycles. The number of hydrogen-bond acceptors (Lipinski definition) is 0. The number of halogens is 1. The number of fused-ring (bicyclic) bond motifs is 2. The molecule has 36 heavy (non-hydrogen) atoms. The van der Waals surface area contributed by atoms with Gasteiger partial charge < -0.3 is 0 Å². The van der Waals surface area contributed by atoms with Crippen molar-refractivity contribution < 1.29 is 0 Å². The highest BCUT2D eigenvalue weighted by atomic mass is 35.5. The van der Waals surface area contributed by atoms with Crippen molar-refractivity contribution in [3.05, 3.63) is 122 Å². The quantitative estimate of drug-likeness (QED) is 0.332. The lowest BCUT2D eigenvalue weighted by molar-refractivity contribution is 0.524. The first-order valence-corrected chi connectivity index (χ1v) is 13.5. The summed E-state index contributed by atoms with van der Waals surface area (Å²) in [6.07, 6.45) is 0. The van der Waals surface area contributed by atoms with E-state index in [1.807, 2.05) is 0 Å². The van der Waals surface area contributed by atoms with E-state index in [2.05, 4.69) is 135 Å². The number of allylic oxidation sites excluding steroid dienone is 4. The smallest absolute Gasteiger partial charge is 0.0328 e. The van der Waals surface area contributed by atoms with Crippen LogP contribution in [-0.4, -0.2) is 0 Å². The topological polar surface area (TPSA) is 0 Å². The number of hydrogen-bond donors (Lipinski definition) is 0. The second kappa shape index (κ2) is 7.96. The fraction of sp³-hybridized carbons (Fsp3) is 0.371. The molecule has 2 aliphatic carbocycles. The monoisotopic (exact) mass is 494 g/mol. The van der Waals surface area contributed by atoms with Crippen molar-refractivity contribution in [1.82, 2.24) is 0 Å². The Bertz CT molecular complexity index is 1380. The molecule has 0 N–H and O–H groups in total. The number of aryl methyl sites for hydroxylation is 1. The molecule has 2 aliphatic rings. The lowest BCUT2D eigenvalue weighted by atomic mass is 9.59. The molecular formula is C35H39Cl. The molecule has 0 unspecified atom stereocenters. The molecule has 3 aromatic rings. The predicted molar refractivity (Wildman–Crippen MR) is 156 cm³/mol. The Morgan fingerprint density at radius 2 is 0.917 bits per heavy atom. The van der Waals surface area contributed by atoms with E-state index in [0.717, 1.165) is 5.03 Å². The molecule has 0 bridgehead atoms. The molecular weight excluding hydrogens is 456 g/mol. The van der Waals surface area contributed by atoms with E-state index < -0.39 is 0 Å². The van der Waals surface area contributed by atoms with Gasteiger partial charge in [-0.15, -0.1) is 0 Å². The zero-order valence-corrected chi connectivity index (χ0v) is 24.1. The van der Waals surface area contributed by atoms with Gasteiger partial charge in [0.15, 0.2) is 0 Å². The number of rotatable bonds is 2. The van der Waals surface area contributed by atoms with Gasteiger partial charge in [-0.05, 0) is 51.5 Å². The van der Waals surface area contributed by atoms with Crippen LogP contribution in [0.1, 0.15) is 88.8 Å². The summed E-state index contributed by atoms with van der Waals surface area (Å²) in [5.41, 5.74) is 11.3. The highest BCUT2D eigenvalue weighted by molar-refractivity contribution is 6.32. The van der Waals surface area contributed by atoms with Gasteiger partial charge in [-0.3, -0.25) is 0 Å². The Labute approximate surface area is 223 Å². The summed E-state index contributed by atoms with van der Waals surface area (Å²) in [5.74, 6) is 0. The minimum Gasteiger partial charge on any atom is -0.0878 e. The highest BCUT2D eigenvalue weighted by Crippen LogP contribution is 2.61. The van der Waals surface area contributed by atoms with E-state index in [0.29, 0.717) is 0 Å². The third-order valence-corrected chi connectivity index (χ3v) is 9.69. The Morgan fingerprint density at radius 1 is 0.528 bits per heavy atom. The molecule has 5 rings (SSSR count). The van der Waals surface area contributed by atoms with Gasteiger partial charge in [-0.1, -0.05) is 145 Å². The maximum absolute atomic E-state index is 7.58. The van der Waals surface area contributed by atoms with Gasteiger partial charge in [-0.2, -0.15) is 0 Å². The van der Waals surface area contributed by atoms with E-state index in [-0.39, 0.29) is 21.7 Å². The van der Waals surface area contributed by atoms with Crippen molar-refractivity contribution in [2.45, 2.75) is 84.0 Å². The van der Waals surface area contributed by atoms with Crippen LogP contribution in [0.2, 0.25) is 0 Å². The molecule has 0 fully saturated rings. The fourth-order valence-electron chi connectivity index (χ4n) is 7.22. The van der Waals surface area contributed by atoms with Gasteiger partial charge in [0, 0.05) is 26.7 Å². The van der Waals surface area contributed by atoms with Crippen molar-refractivity contribution in [3.8, 4) is 0 Å². The van der Waals surface area contributed by atoms with Crippen LogP contribution in [0.25, 0.3) is 5.57 Å². The standard InChI is InChI=1S/C35H39Cl/c1-22-18-20-23(21-19-22)28(30-33(4,5)25-15-11-12-16-26(25)34(30,6)7)29-31(36)35(8,9)27-17-13-10-14-24(27)32(29,2)3/h10-21H,1-9H3. The van der Waals surface area contributed by atoms with Crippen molar-refractivity contribution in [2.75, 3.05) is 0 Å². The lowest BCUT2D eigenvalue weighted by Gasteiger charge is -2.46. The molecule has 0 nitrogen and oxygen atoms in total. The maximum atomic E-state index is 7.58. The summed E-state index contributed by atoms with van der Waals surface area (Å²) in [5, 5.41) is 0.955. The zero-order chi connectivity index (χ0) is 26.3. The summed E-state index contributed by atoms with van der Waals surface area (Å²) >= 11 is 7.58. The minimum atomic E-state index is -0.279. The molecule has 0 radical (unpaired) electrons. The van der Waals surface area contributed by atoms with Crippen LogP contribution >= 0.6 is 11.6 Å². The summed E-state index contributed by atoms with van der Waals surface area (Å²) < 4.78 is 0. The lowest BCUT2D eigenvalue weighted by Crippen LogP contribution is -2.37. The van der Waals surface area contributed by atoms with Crippen molar-refractivity contribution >= 4 is 17.2 Å². The second-order valence-corrected chi connectivity index (χ2v) is 13.3. The molecule has 3 aromatic carbocycles. The van der Waals surface area contributed by atoms with Crippen LogP contribution in [0.15, 0.2) is 89.0 Å². The van der Waals surface area contributed by atoms with Crippen molar-refractivity contribution in [1.29, 1.82) is 0 Å². The van der Waals surface area contributed by atoms with E-state index in [9.17, 15) is 0 Å². The zero-order valence-electron chi connectivity index (χ0n) is 23.3. The Morgan fingerprint density at radius 3 is 1.36 bits per heavy atom. The SMILES string of the molecule is Cc1ccc(C(C2=C(Cl)C(C)(C)c3ccccc3C2(C)C)=C2C(C)(C)c3ccccc3C2(C)C)cc1. The van der Waals surface area contributed by atoms with Gasteiger partial charge in [0.05, 0.1) is 0 Å². The maximum Gasteiger partial charge on any atom is 0.0328 e. The molecule has 0 atom stereocenters. The predicted octanol–water partition coefficient (Wildman–Crippen LogP) is 9.78. The van der Waals surface area contributed by atoms with Crippen LogP contribution in [0.4, 0.5) is 0 Å². The van der Waals surface area contributed by atoms with Crippen LogP contribution in [0, 0.1) is 6.92 Å². The first-order valence-electron chi connectivity index (χ1n) is 13.2. The van der Waals surface area contributed by atoms with E-state index >= 15 is 0 Å². The fourth-order valence-corrected chi connectivity index (χ4v) is 7.65. The second-order valence-electron chi connectivity index (χ2n) is 12.9. The van der Waals surface area contributed by atoms with Gasteiger partial charge in [0.25, 0.3) is 0 Å². The Balaban J connectivity index is 1.96. The molecule has 0 spiro atoms. The summed E-state index contributed by atoms with van der Waals surface area (Å²) in [6.45, 7) is 21.0. The minimum absolute atomic E-state index is 0.137. The third kappa shape index (κ3) is 3.33. The molecule has 0 aromatic heterocycles. The van der Waals surface area contributed by atoms with E-state index in [4.69, 9.17) is 11.6 Å². The number of benzene rings is 3. The summed E-state index contributed by atoms with van der Waals surface area (Å²) in [4.78, 5) is 0. The molecule has 0 saturated heterocycles. The molecule has 186 valence electrons. The van der Waals surface area contributed by atoms with Gasteiger partial charge in [0.1, 0.15) is 0 Å².